The van der Waals surface area contributed by atoms with Crippen molar-refractivity contribution in [2.45, 2.75) is 46.3 Å². The molecule has 0 atom stereocenters. The van der Waals surface area contributed by atoms with E-state index in [2.05, 4.69) is 0 Å². The molecular weight excluding hydrogens is 432 g/mol. The molecule has 0 aliphatic carbocycles. The van der Waals surface area contributed by atoms with Crippen LogP contribution in [0.15, 0.2) is 60.8 Å². The molecule has 0 aliphatic heterocycles. The van der Waals surface area contributed by atoms with Gasteiger partial charge in [0.25, 0.3) is 0 Å². The number of ketones is 1. The Morgan fingerprint density at radius 1 is 1.09 bits per heavy atom. The minimum Gasteiger partial charge on any atom is -0.508 e. The predicted molar refractivity (Wildman–Crippen MR) is 132 cm³/mol. The molecule has 0 spiro atoms. The van der Waals surface area contributed by atoms with Crippen molar-refractivity contribution in [1.29, 1.82) is 0 Å². The molecule has 3 rings (SSSR count). The van der Waals surface area contributed by atoms with Crippen LogP contribution < -0.4 is 0 Å². The van der Waals surface area contributed by atoms with Crippen molar-refractivity contribution in [3.8, 4) is 5.75 Å². The Hall–Kier alpha value is -3.87. The topological polar surface area (TPSA) is 88.8 Å². The molecule has 0 saturated carbocycles. The molecule has 0 radical (unpaired) electrons. The van der Waals surface area contributed by atoms with E-state index in [-0.39, 0.29) is 30.0 Å². The first-order chi connectivity index (χ1) is 16.0. The first-order valence-electron chi connectivity index (χ1n) is 11.1. The molecule has 7 heteroatoms. The van der Waals surface area contributed by atoms with Gasteiger partial charge in [-0.1, -0.05) is 30.3 Å². The molecule has 0 bridgehead atoms. The van der Waals surface area contributed by atoms with Gasteiger partial charge >= 0.3 is 6.09 Å². The van der Waals surface area contributed by atoms with Crippen LogP contribution in [0.4, 0.5) is 4.79 Å². The zero-order valence-corrected chi connectivity index (χ0v) is 20.1. The summed E-state index contributed by atoms with van der Waals surface area (Å²) in [7, 11) is 0. The Kier molecular flexibility index (Phi) is 7.25. The monoisotopic (exact) mass is 462 g/mol. The number of hydrogen-bond donors (Lipinski definition) is 1. The molecule has 2 aromatic carbocycles. The van der Waals surface area contributed by atoms with Crippen LogP contribution in [0.25, 0.3) is 17.0 Å². The second-order valence-electron chi connectivity index (χ2n) is 9.32. The molecule has 0 unspecified atom stereocenters. The van der Waals surface area contributed by atoms with Crippen LogP contribution in [0.1, 0.15) is 50.5 Å². The average Bonchev–Trinajstić information content (AvgIpc) is 3.13. The molecule has 0 saturated heterocycles. The highest BCUT2D eigenvalue weighted by atomic mass is 16.6. The number of phenols is 1. The van der Waals surface area contributed by atoms with Crippen molar-refractivity contribution in [3.63, 3.8) is 0 Å². The van der Waals surface area contributed by atoms with Gasteiger partial charge in [-0.25, -0.2) is 4.79 Å². The Bertz CT molecular complexity index is 1250. The fourth-order valence-electron chi connectivity index (χ4n) is 3.50. The standard InChI is InChI=1S/C27H30N2O5/c1-18(2)28(17-24(31)19-9-8-10-21(30)15-19)25(32)14-13-20-16-29(26(33)34-27(3,4)5)23-12-7-6-11-22(20)23/h6-16,18,30H,17H2,1-5H3/b14-13+. The highest BCUT2D eigenvalue weighted by Crippen LogP contribution is 2.24. The second kappa shape index (κ2) is 9.95. The van der Waals surface area contributed by atoms with E-state index >= 15 is 0 Å². The first kappa shape index (κ1) is 24.8. The molecule has 1 N–H and O–H groups in total. The van der Waals surface area contributed by atoms with E-state index in [0.717, 1.165) is 5.39 Å². The minimum atomic E-state index is -0.645. The Morgan fingerprint density at radius 2 is 1.79 bits per heavy atom. The largest absolute Gasteiger partial charge is 0.508 e. The van der Waals surface area contributed by atoms with E-state index in [1.807, 2.05) is 38.1 Å². The number of carbonyl (C=O) groups is 3. The van der Waals surface area contributed by atoms with Gasteiger partial charge in [0.05, 0.1) is 12.1 Å². The summed E-state index contributed by atoms with van der Waals surface area (Å²) in [5.41, 5.74) is 1.04. The summed E-state index contributed by atoms with van der Waals surface area (Å²) in [6, 6.07) is 13.2. The van der Waals surface area contributed by atoms with Crippen LogP contribution in [0, 0.1) is 0 Å². The summed E-state index contributed by atoms with van der Waals surface area (Å²) in [6.45, 7) is 8.94. The van der Waals surface area contributed by atoms with Crippen LogP contribution >= 0.6 is 0 Å². The molecule has 0 fully saturated rings. The second-order valence-corrected chi connectivity index (χ2v) is 9.32. The van der Waals surface area contributed by atoms with Crippen molar-refractivity contribution >= 4 is 34.8 Å². The predicted octanol–water partition coefficient (Wildman–Crippen LogP) is 5.26. The molecule has 7 nitrogen and oxygen atoms in total. The van der Waals surface area contributed by atoms with Gasteiger partial charge in [-0.15, -0.1) is 0 Å². The van der Waals surface area contributed by atoms with E-state index in [4.69, 9.17) is 4.74 Å². The summed E-state index contributed by atoms with van der Waals surface area (Å²) in [5.74, 6) is -0.611. The minimum absolute atomic E-state index is 0.00505. The maximum atomic E-state index is 13.0. The van der Waals surface area contributed by atoms with Gasteiger partial charge in [0, 0.05) is 34.8 Å². The third-order valence-corrected chi connectivity index (χ3v) is 5.13. The third-order valence-electron chi connectivity index (χ3n) is 5.13. The summed E-state index contributed by atoms with van der Waals surface area (Å²) >= 11 is 0. The summed E-state index contributed by atoms with van der Waals surface area (Å²) in [6.07, 6.45) is 4.17. The van der Waals surface area contributed by atoms with Crippen LogP contribution in [-0.2, 0) is 9.53 Å². The number of hydrogen-bond acceptors (Lipinski definition) is 5. The van der Waals surface area contributed by atoms with Gasteiger partial charge in [0.2, 0.25) is 5.91 Å². The van der Waals surface area contributed by atoms with E-state index in [9.17, 15) is 19.5 Å². The lowest BCUT2D eigenvalue weighted by atomic mass is 10.1. The van der Waals surface area contributed by atoms with Crippen molar-refractivity contribution < 1.29 is 24.2 Å². The van der Waals surface area contributed by atoms with Gasteiger partial charge in [-0.2, -0.15) is 0 Å². The molecule has 1 amide bonds. The van der Waals surface area contributed by atoms with Crippen molar-refractivity contribution in [1.82, 2.24) is 9.47 Å². The number of ether oxygens (including phenoxy) is 1. The van der Waals surface area contributed by atoms with Crippen LogP contribution in [0.3, 0.4) is 0 Å². The van der Waals surface area contributed by atoms with Gasteiger partial charge in [-0.3, -0.25) is 14.2 Å². The number of aromatic hydroxyl groups is 1. The van der Waals surface area contributed by atoms with Gasteiger partial charge in [0.1, 0.15) is 11.4 Å². The van der Waals surface area contributed by atoms with E-state index < -0.39 is 11.7 Å². The van der Waals surface area contributed by atoms with E-state index in [0.29, 0.717) is 16.6 Å². The van der Waals surface area contributed by atoms with Gasteiger partial charge < -0.3 is 14.7 Å². The fourth-order valence-corrected chi connectivity index (χ4v) is 3.50. The molecular formula is C27H30N2O5. The Morgan fingerprint density at radius 3 is 2.44 bits per heavy atom. The van der Waals surface area contributed by atoms with Crippen LogP contribution in [-0.4, -0.2) is 50.5 Å². The van der Waals surface area contributed by atoms with Gasteiger partial charge in [-0.05, 0) is 58.9 Å². The number of nitrogens with zero attached hydrogens (tertiary/aromatic N) is 2. The van der Waals surface area contributed by atoms with Gasteiger partial charge in [0.15, 0.2) is 5.78 Å². The quantitative estimate of drug-likeness (QED) is 0.399. The third kappa shape index (κ3) is 5.92. The number of phenolic OH excluding ortho intramolecular Hbond substituents is 1. The lowest BCUT2D eigenvalue weighted by molar-refractivity contribution is -0.127. The SMILES string of the molecule is CC(C)N(CC(=O)c1cccc(O)c1)C(=O)/C=C/c1cn(C(=O)OC(C)(C)C)c2ccccc12. The summed E-state index contributed by atoms with van der Waals surface area (Å²) in [5, 5.41) is 10.4. The number of benzene rings is 2. The number of amides is 1. The zero-order chi connectivity index (χ0) is 25.0. The van der Waals surface area contributed by atoms with E-state index in [1.165, 1.54) is 27.7 Å². The number of Topliss-reactive ketones (excluding diaryl/α,β-unsaturated/α-hetero) is 1. The zero-order valence-electron chi connectivity index (χ0n) is 20.1. The maximum absolute atomic E-state index is 13.0. The molecule has 3 aromatic rings. The Balaban J connectivity index is 1.85. The normalized spacial score (nSPS) is 11.8. The highest BCUT2D eigenvalue weighted by Gasteiger charge is 2.22. The molecule has 178 valence electrons. The molecule has 34 heavy (non-hydrogen) atoms. The maximum Gasteiger partial charge on any atom is 0.419 e. The van der Waals surface area contributed by atoms with E-state index in [1.54, 1.807) is 45.2 Å². The lowest BCUT2D eigenvalue weighted by Gasteiger charge is -2.24. The summed E-state index contributed by atoms with van der Waals surface area (Å²) in [4.78, 5) is 39.8. The number of carbonyl (C=O) groups excluding carboxylic acids is 3. The summed E-state index contributed by atoms with van der Waals surface area (Å²) < 4.78 is 6.93. The molecule has 0 aliphatic rings. The van der Waals surface area contributed by atoms with Crippen LogP contribution in [0.5, 0.6) is 5.75 Å². The number of rotatable bonds is 6. The smallest absolute Gasteiger partial charge is 0.419 e. The fraction of sp³-hybridized carbons (Fsp3) is 0.296. The number of aromatic nitrogens is 1. The highest BCUT2D eigenvalue weighted by molar-refractivity contribution is 6.03. The first-order valence-corrected chi connectivity index (χ1v) is 11.1. The number of para-hydroxylation sites is 1. The van der Waals surface area contributed by atoms with Crippen molar-refractivity contribution in [2.24, 2.45) is 0 Å². The molecule has 1 heterocycles. The molecule has 1 aromatic heterocycles. The van der Waals surface area contributed by atoms with Crippen molar-refractivity contribution in [3.05, 3.63) is 71.9 Å². The van der Waals surface area contributed by atoms with Crippen molar-refractivity contribution in [2.75, 3.05) is 6.54 Å². The lowest BCUT2D eigenvalue weighted by Crippen LogP contribution is -2.39. The average molecular weight is 463 g/mol. The van der Waals surface area contributed by atoms with Crippen LogP contribution in [0.2, 0.25) is 0 Å². The number of fused-ring (bicyclic) bond motifs is 1. The Labute approximate surface area is 199 Å².